The lowest BCUT2D eigenvalue weighted by atomic mass is 9.74. The van der Waals surface area contributed by atoms with E-state index < -0.39 is 0 Å². The van der Waals surface area contributed by atoms with Crippen LogP contribution in [0, 0.1) is 5.92 Å². The summed E-state index contributed by atoms with van der Waals surface area (Å²) in [5, 5.41) is 0. The lowest BCUT2D eigenvalue weighted by Crippen LogP contribution is -2.43. The van der Waals surface area contributed by atoms with E-state index in [1.165, 1.54) is 154 Å². The van der Waals surface area contributed by atoms with E-state index in [-0.39, 0.29) is 5.60 Å². The van der Waals surface area contributed by atoms with Crippen LogP contribution in [0.25, 0.3) is 0 Å². The molecule has 0 aromatic carbocycles. The van der Waals surface area contributed by atoms with E-state index in [0.29, 0.717) is 5.92 Å². The van der Waals surface area contributed by atoms with Crippen molar-refractivity contribution in [3.63, 3.8) is 0 Å². The van der Waals surface area contributed by atoms with Gasteiger partial charge in [0.15, 0.2) is 0 Å². The highest BCUT2D eigenvalue weighted by Gasteiger charge is 2.38. The summed E-state index contributed by atoms with van der Waals surface area (Å²) < 4.78 is 7.04. The monoisotopic (exact) mass is 539 g/mol. The van der Waals surface area contributed by atoms with Crippen LogP contribution in [-0.4, -0.2) is 25.3 Å². The van der Waals surface area contributed by atoms with Gasteiger partial charge in [0.25, 0.3) is 0 Å². The summed E-state index contributed by atoms with van der Waals surface area (Å²) in [4.78, 5) is 0. The molecule has 0 aromatic heterocycles. The molecule has 0 radical (unpaired) electrons. The molecule has 0 fully saturated rings. The van der Waals surface area contributed by atoms with E-state index >= 15 is 0 Å². The van der Waals surface area contributed by atoms with Crippen LogP contribution in [0.3, 0.4) is 0 Å². The maximum atomic E-state index is 7.04. The second-order valence-corrected chi connectivity index (χ2v) is 12.3. The zero-order valence-corrected chi connectivity index (χ0v) is 26.9. The van der Waals surface area contributed by atoms with Gasteiger partial charge in [-0.05, 0) is 57.5 Å². The smallest absolute Gasteiger partial charge is 0.0711 e. The van der Waals surface area contributed by atoms with Gasteiger partial charge in [0.1, 0.15) is 0 Å². The summed E-state index contributed by atoms with van der Waals surface area (Å²) in [5.74, 6) is 0.587. The molecule has 4 N–H and O–H groups in total. The molecule has 3 heteroatoms. The van der Waals surface area contributed by atoms with Crippen molar-refractivity contribution in [1.29, 1.82) is 0 Å². The van der Waals surface area contributed by atoms with Gasteiger partial charge in [-0.3, -0.25) is 0 Å². The van der Waals surface area contributed by atoms with Crippen molar-refractivity contribution in [2.75, 3.05) is 19.7 Å². The van der Waals surface area contributed by atoms with Crippen LogP contribution in [0.5, 0.6) is 0 Å². The van der Waals surface area contributed by atoms with Crippen LogP contribution < -0.4 is 11.5 Å². The zero-order valence-electron chi connectivity index (χ0n) is 26.9. The van der Waals surface area contributed by atoms with E-state index in [1.54, 1.807) is 0 Å². The van der Waals surface area contributed by atoms with Gasteiger partial charge in [-0.1, -0.05) is 156 Å². The fourth-order valence-corrected chi connectivity index (χ4v) is 6.31. The predicted molar refractivity (Wildman–Crippen MR) is 172 cm³/mol. The molecule has 0 aliphatic carbocycles. The average molecular weight is 539 g/mol. The number of unbranched alkanes of at least 4 members (excludes halogenated alkanes) is 19. The molecule has 0 aromatic rings. The fraction of sp³-hybridized carbons (Fsp3) is 1.00. The summed E-state index contributed by atoms with van der Waals surface area (Å²) >= 11 is 0. The Labute approximate surface area is 241 Å². The van der Waals surface area contributed by atoms with Crippen LogP contribution in [0.4, 0.5) is 0 Å². The van der Waals surface area contributed by atoms with E-state index in [1.807, 2.05) is 0 Å². The van der Waals surface area contributed by atoms with E-state index in [9.17, 15) is 0 Å². The van der Waals surface area contributed by atoms with Gasteiger partial charge in [0.05, 0.1) is 5.60 Å². The number of nitrogens with two attached hydrogens (primary N) is 2. The first-order valence-electron chi connectivity index (χ1n) is 17.7. The van der Waals surface area contributed by atoms with Crippen molar-refractivity contribution in [2.24, 2.45) is 17.4 Å². The van der Waals surface area contributed by atoms with Gasteiger partial charge >= 0.3 is 0 Å². The Balaban J connectivity index is 5.01. The molecule has 2 atom stereocenters. The maximum absolute atomic E-state index is 7.04. The highest BCUT2D eigenvalue weighted by Crippen LogP contribution is 2.39. The van der Waals surface area contributed by atoms with Crippen LogP contribution in [-0.2, 0) is 4.74 Å². The topological polar surface area (TPSA) is 61.3 Å². The Morgan fingerprint density at radius 1 is 0.447 bits per heavy atom. The van der Waals surface area contributed by atoms with Crippen LogP contribution >= 0.6 is 0 Å². The van der Waals surface area contributed by atoms with Crippen molar-refractivity contribution in [2.45, 2.75) is 200 Å². The van der Waals surface area contributed by atoms with Crippen molar-refractivity contribution in [3.8, 4) is 0 Å². The van der Waals surface area contributed by atoms with E-state index in [2.05, 4.69) is 20.8 Å². The molecule has 0 aliphatic rings. The molecule has 230 valence electrons. The number of hydrogen-bond donors (Lipinski definition) is 2. The van der Waals surface area contributed by atoms with Crippen LogP contribution in [0.2, 0.25) is 0 Å². The van der Waals surface area contributed by atoms with Gasteiger partial charge in [0, 0.05) is 6.61 Å². The summed E-state index contributed by atoms with van der Waals surface area (Å²) in [6.07, 6.45) is 35.8. The molecule has 0 spiro atoms. The Hall–Kier alpha value is -0.120. The quantitative estimate of drug-likeness (QED) is 0.0837. The first kappa shape index (κ1) is 37.9. The lowest BCUT2D eigenvalue weighted by molar-refractivity contribution is -0.106. The molecular formula is C35H74N2O. The first-order chi connectivity index (χ1) is 18.7. The highest BCUT2D eigenvalue weighted by atomic mass is 16.5. The van der Waals surface area contributed by atoms with Gasteiger partial charge in [-0.25, -0.2) is 0 Å². The molecule has 3 nitrogen and oxygen atoms in total. The third-order valence-electron chi connectivity index (χ3n) is 8.81. The van der Waals surface area contributed by atoms with Crippen LogP contribution in [0.1, 0.15) is 194 Å². The molecule has 0 saturated carbocycles. The molecule has 38 heavy (non-hydrogen) atoms. The van der Waals surface area contributed by atoms with Gasteiger partial charge in [-0.15, -0.1) is 0 Å². The summed E-state index contributed by atoms with van der Waals surface area (Å²) in [5.41, 5.74) is 12.3. The number of rotatable bonds is 32. The minimum atomic E-state index is -0.00844. The summed E-state index contributed by atoms with van der Waals surface area (Å²) in [6.45, 7) is 9.38. The second kappa shape index (κ2) is 29.9. The molecule has 0 bridgehead atoms. The zero-order chi connectivity index (χ0) is 28.0. The number of hydrogen-bond acceptors (Lipinski definition) is 3. The van der Waals surface area contributed by atoms with Crippen LogP contribution in [0.15, 0.2) is 0 Å². The van der Waals surface area contributed by atoms with Crippen molar-refractivity contribution in [3.05, 3.63) is 0 Å². The third kappa shape index (κ3) is 21.7. The SMILES string of the molecule is CCCCCCCCCCOC(CCCN)(CCCCCCCCCC)C(CCN)CCCCCCCC. The van der Waals surface area contributed by atoms with Crippen molar-refractivity contribution in [1.82, 2.24) is 0 Å². The van der Waals surface area contributed by atoms with E-state index in [4.69, 9.17) is 16.2 Å². The average Bonchev–Trinajstić information content (AvgIpc) is 2.93. The highest BCUT2D eigenvalue weighted by molar-refractivity contribution is 4.89. The largest absolute Gasteiger partial charge is 0.375 e. The Bertz CT molecular complexity index is 444. The molecular weight excluding hydrogens is 464 g/mol. The molecule has 0 rings (SSSR count). The first-order valence-corrected chi connectivity index (χ1v) is 17.7. The molecule has 0 amide bonds. The fourth-order valence-electron chi connectivity index (χ4n) is 6.31. The van der Waals surface area contributed by atoms with Gasteiger partial charge < -0.3 is 16.2 Å². The van der Waals surface area contributed by atoms with Gasteiger partial charge in [0.2, 0.25) is 0 Å². The van der Waals surface area contributed by atoms with E-state index in [0.717, 1.165) is 39.0 Å². The third-order valence-corrected chi connectivity index (χ3v) is 8.81. The molecule has 0 heterocycles. The minimum Gasteiger partial charge on any atom is -0.375 e. The predicted octanol–water partition coefficient (Wildman–Crippen LogP) is 10.9. The minimum absolute atomic E-state index is 0.00844. The molecule has 0 saturated heterocycles. The maximum Gasteiger partial charge on any atom is 0.0711 e. The second-order valence-electron chi connectivity index (χ2n) is 12.3. The number of ether oxygens (including phenoxy) is 1. The standard InChI is InChI=1S/C35H74N2O/c1-4-7-10-13-16-18-21-24-29-35(30-26-31-36,38-33-25-22-19-17-14-11-8-5-2)34(28-32-37)27-23-20-15-12-9-6-3/h34H,4-33,36-37H2,1-3H3. The summed E-state index contributed by atoms with van der Waals surface area (Å²) in [7, 11) is 0. The van der Waals surface area contributed by atoms with Crippen molar-refractivity contribution >= 4 is 0 Å². The Kier molecular flexibility index (Phi) is 29.8. The summed E-state index contributed by atoms with van der Waals surface area (Å²) in [6, 6.07) is 0. The molecule has 2 unspecified atom stereocenters. The Morgan fingerprint density at radius 2 is 0.868 bits per heavy atom. The Morgan fingerprint density at radius 3 is 1.34 bits per heavy atom. The van der Waals surface area contributed by atoms with Crippen molar-refractivity contribution < 1.29 is 4.74 Å². The normalized spacial score (nSPS) is 14.1. The molecule has 0 aliphatic heterocycles. The van der Waals surface area contributed by atoms with Gasteiger partial charge in [-0.2, -0.15) is 0 Å². The lowest BCUT2D eigenvalue weighted by Gasteiger charge is -2.42.